The third-order valence-electron chi connectivity index (χ3n) is 2.08. The van der Waals surface area contributed by atoms with Crippen molar-refractivity contribution in [1.29, 1.82) is 0 Å². The Balaban J connectivity index is 2.39. The van der Waals surface area contributed by atoms with Crippen LogP contribution in [0.5, 0.6) is 0 Å². The topological polar surface area (TPSA) is 80.9 Å². The predicted molar refractivity (Wildman–Crippen MR) is 68.8 cm³/mol. The summed E-state index contributed by atoms with van der Waals surface area (Å²) in [5.74, 6) is 0.335. The highest BCUT2D eigenvalue weighted by Crippen LogP contribution is 2.31. The molecule has 2 aromatic rings. The van der Waals surface area contributed by atoms with Gasteiger partial charge >= 0.3 is 0 Å². The molecular weight excluding hydrogens is 236 g/mol. The molecule has 0 radical (unpaired) electrons. The molecule has 0 aliphatic rings. The molecular formula is C11H12N4OS. The first-order valence-corrected chi connectivity index (χ1v) is 5.86. The second-order valence-electron chi connectivity index (χ2n) is 3.56. The number of carbonyl (C=O) groups is 1. The first kappa shape index (κ1) is 11.5. The number of pyridine rings is 1. The van der Waals surface area contributed by atoms with Crippen LogP contribution in [0.4, 0.5) is 10.9 Å². The molecule has 0 bridgehead atoms. The highest BCUT2D eigenvalue weighted by atomic mass is 32.1. The number of thiazole rings is 1. The summed E-state index contributed by atoms with van der Waals surface area (Å²) >= 11 is 1.39. The summed E-state index contributed by atoms with van der Waals surface area (Å²) in [5.41, 5.74) is 7.24. The largest absolute Gasteiger partial charge is 0.384 e. The van der Waals surface area contributed by atoms with E-state index in [0.29, 0.717) is 10.9 Å². The van der Waals surface area contributed by atoms with E-state index in [9.17, 15) is 4.79 Å². The zero-order chi connectivity index (χ0) is 12.4. The van der Waals surface area contributed by atoms with Crippen molar-refractivity contribution in [1.82, 2.24) is 9.97 Å². The number of aromatic nitrogens is 2. The number of carbonyl (C=O) groups excluding carboxylic acids is 1. The van der Waals surface area contributed by atoms with Crippen molar-refractivity contribution in [3.05, 3.63) is 23.9 Å². The number of amides is 1. The second kappa shape index (κ2) is 4.50. The lowest BCUT2D eigenvalue weighted by molar-refractivity contribution is -0.114. The summed E-state index contributed by atoms with van der Waals surface area (Å²) in [6, 6.07) is 5.44. The van der Waals surface area contributed by atoms with Gasteiger partial charge in [-0.15, -0.1) is 0 Å². The van der Waals surface area contributed by atoms with Gasteiger partial charge in [0.15, 0.2) is 5.13 Å². The van der Waals surface area contributed by atoms with Crippen LogP contribution in [0.3, 0.4) is 0 Å². The average Bonchev–Trinajstić information content (AvgIpc) is 2.58. The summed E-state index contributed by atoms with van der Waals surface area (Å²) in [6.45, 7) is 3.33. The molecule has 2 aromatic heterocycles. The number of hydrogen-bond acceptors (Lipinski definition) is 5. The minimum Gasteiger partial charge on any atom is -0.384 e. The molecule has 2 rings (SSSR count). The Bertz CT molecular complexity index is 564. The maximum absolute atomic E-state index is 10.9. The van der Waals surface area contributed by atoms with Gasteiger partial charge in [0.1, 0.15) is 5.82 Å². The lowest BCUT2D eigenvalue weighted by Crippen LogP contribution is -2.04. The number of nitrogen functional groups attached to an aromatic ring is 1. The lowest BCUT2D eigenvalue weighted by Gasteiger charge is -1.98. The number of nitrogens with zero attached hydrogens (tertiary/aromatic N) is 2. The molecule has 0 atom stereocenters. The Kier molecular flexibility index (Phi) is 3.06. The van der Waals surface area contributed by atoms with Gasteiger partial charge in [0.2, 0.25) is 5.91 Å². The van der Waals surface area contributed by atoms with Gasteiger partial charge in [-0.2, -0.15) is 0 Å². The summed E-state index contributed by atoms with van der Waals surface area (Å²) in [7, 11) is 0. The minimum absolute atomic E-state index is 0.133. The molecule has 1 amide bonds. The smallest absolute Gasteiger partial charge is 0.223 e. The molecule has 0 aromatic carbocycles. The fourth-order valence-electron chi connectivity index (χ4n) is 1.42. The van der Waals surface area contributed by atoms with Crippen LogP contribution in [-0.2, 0) is 4.79 Å². The predicted octanol–water partition coefficient (Wildman–Crippen LogP) is 2.05. The third-order valence-corrected chi connectivity index (χ3v) is 3.18. The van der Waals surface area contributed by atoms with Crippen LogP contribution in [0.2, 0.25) is 0 Å². The summed E-state index contributed by atoms with van der Waals surface area (Å²) in [5, 5.41) is 3.24. The van der Waals surface area contributed by atoms with Crippen LogP contribution in [-0.4, -0.2) is 15.9 Å². The van der Waals surface area contributed by atoms with Crippen LogP contribution in [0.1, 0.15) is 12.6 Å². The Morgan fingerprint density at radius 2 is 2.18 bits per heavy atom. The van der Waals surface area contributed by atoms with Crippen LogP contribution in [0.25, 0.3) is 10.6 Å². The Morgan fingerprint density at radius 3 is 2.82 bits per heavy atom. The first-order chi connectivity index (χ1) is 8.06. The van der Waals surface area contributed by atoms with E-state index in [4.69, 9.17) is 5.73 Å². The molecule has 88 valence electrons. The van der Waals surface area contributed by atoms with Gasteiger partial charge in [-0.1, -0.05) is 17.4 Å². The summed E-state index contributed by atoms with van der Waals surface area (Å²) < 4.78 is 0. The fraction of sp³-hybridized carbons (Fsp3) is 0.182. The molecule has 0 saturated heterocycles. The van der Waals surface area contributed by atoms with E-state index in [1.165, 1.54) is 18.3 Å². The van der Waals surface area contributed by atoms with Crippen LogP contribution >= 0.6 is 11.3 Å². The van der Waals surface area contributed by atoms with Gasteiger partial charge in [0, 0.05) is 6.92 Å². The van der Waals surface area contributed by atoms with Gasteiger partial charge in [-0.05, 0) is 19.1 Å². The normalized spacial score (nSPS) is 10.2. The third kappa shape index (κ3) is 2.59. The zero-order valence-corrected chi connectivity index (χ0v) is 10.3. The lowest BCUT2D eigenvalue weighted by atomic mass is 10.2. The van der Waals surface area contributed by atoms with Crippen molar-refractivity contribution in [3.8, 4) is 10.6 Å². The van der Waals surface area contributed by atoms with Crippen LogP contribution in [0.15, 0.2) is 18.2 Å². The number of nitrogens with two attached hydrogens (primary N) is 1. The molecule has 0 unspecified atom stereocenters. The molecule has 0 fully saturated rings. The monoisotopic (exact) mass is 248 g/mol. The first-order valence-electron chi connectivity index (χ1n) is 5.04. The molecule has 0 spiro atoms. The number of nitrogens with one attached hydrogen (secondary N) is 1. The molecule has 0 aliphatic heterocycles. The Labute approximate surface area is 103 Å². The Morgan fingerprint density at radius 1 is 1.41 bits per heavy atom. The van der Waals surface area contributed by atoms with E-state index >= 15 is 0 Å². The van der Waals surface area contributed by atoms with Gasteiger partial charge in [0.05, 0.1) is 16.3 Å². The Hall–Kier alpha value is -1.95. The number of aryl methyl sites for hydroxylation is 1. The quantitative estimate of drug-likeness (QED) is 0.852. The van der Waals surface area contributed by atoms with E-state index in [1.54, 1.807) is 6.07 Å². The number of anilines is 2. The van der Waals surface area contributed by atoms with E-state index in [2.05, 4.69) is 15.3 Å². The van der Waals surface area contributed by atoms with Crippen LogP contribution < -0.4 is 11.1 Å². The standard InChI is InChI=1S/C11H12N4OS/c1-6-10(8-4-3-5-9(12)15-8)17-11(13-6)14-7(2)16/h3-5H,1-2H3,(H2,12,15)(H,13,14,16). The van der Waals surface area contributed by atoms with Crippen molar-refractivity contribution < 1.29 is 4.79 Å². The molecule has 6 heteroatoms. The van der Waals surface area contributed by atoms with Crippen molar-refractivity contribution in [2.24, 2.45) is 0 Å². The van der Waals surface area contributed by atoms with E-state index < -0.39 is 0 Å². The van der Waals surface area contributed by atoms with E-state index in [0.717, 1.165) is 16.3 Å². The van der Waals surface area contributed by atoms with Crippen LogP contribution in [0, 0.1) is 6.92 Å². The SMILES string of the molecule is CC(=O)Nc1nc(C)c(-c2cccc(N)n2)s1. The molecule has 2 heterocycles. The molecule has 3 N–H and O–H groups in total. The van der Waals surface area contributed by atoms with Crippen molar-refractivity contribution in [2.45, 2.75) is 13.8 Å². The van der Waals surface area contributed by atoms with E-state index in [1.807, 2.05) is 19.1 Å². The summed E-state index contributed by atoms with van der Waals surface area (Å²) in [4.78, 5) is 20.4. The van der Waals surface area contributed by atoms with Gasteiger partial charge in [-0.25, -0.2) is 9.97 Å². The van der Waals surface area contributed by atoms with Gasteiger partial charge in [-0.3, -0.25) is 4.79 Å². The zero-order valence-electron chi connectivity index (χ0n) is 9.52. The van der Waals surface area contributed by atoms with Crippen molar-refractivity contribution in [3.63, 3.8) is 0 Å². The molecule has 0 aliphatic carbocycles. The fourth-order valence-corrected chi connectivity index (χ4v) is 2.40. The van der Waals surface area contributed by atoms with Crippen molar-refractivity contribution >= 4 is 28.2 Å². The molecule has 17 heavy (non-hydrogen) atoms. The summed E-state index contributed by atoms with van der Waals surface area (Å²) in [6.07, 6.45) is 0. The maximum atomic E-state index is 10.9. The molecule has 5 nitrogen and oxygen atoms in total. The van der Waals surface area contributed by atoms with Gasteiger partial charge < -0.3 is 11.1 Å². The number of rotatable bonds is 2. The highest BCUT2D eigenvalue weighted by molar-refractivity contribution is 7.19. The minimum atomic E-state index is -0.133. The van der Waals surface area contributed by atoms with Crippen molar-refractivity contribution in [2.75, 3.05) is 11.1 Å². The highest BCUT2D eigenvalue weighted by Gasteiger charge is 2.11. The number of hydrogen-bond donors (Lipinski definition) is 2. The molecule has 0 saturated carbocycles. The van der Waals surface area contributed by atoms with Gasteiger partial charge in [0.25, 0.3) is 0 Å². The average molecular weight is 248 g/mol. The maximum Gasteiger partial charge on any atom is 0.223 e. The second-order valence-corrected chi connectivity index (χ2v) is 4.56. The van der Waals surface area contributed by atoms with E-state index in [-0.39, 0.29) is 5.91 Å².